The summed E-state index contributed by atoms with van der Waals surface area (Å²) < 4.78 is 28.0. The van der Waals surface area contributed by atoms with E-state index < -0.39 is 10.0 Å². The topological polar surface area (TPSA) is 58.4 Å². The number of hydrogen-bond donors (Lipinski definition) is 0. The van der Waals surface area contributed by atoms with Crippen molar-refractivity contribution in [3.63, 3.8) is 0 Å². The summed E-state index contributed by atoms with van der Waals surface area (Å²) in [6, 6.07) is 0. The quantitative estimate of drug-likeness (QED) is 0.827. The highest BCUT2D eigenvalue weighted by Gasteiger charge is 2.31. The Hall–Kier alpha value is -0.920. The summed E-state index contributed by atoms with van der Waals surface area (Å²) in [4.78, 5) is 6.28. The molecule has 2 rings (SSSR count). The second-order valence-corrected chi connectivity index (χ2v) is 8.50. The molecule has 0 bridgehead atoms. The number of hydrogen-bond acceptors (Lipinski definition) is 4. The first-order chi connectivity index (χ1) is 9.18. The molecule has 6 nitrogen and oxygen atoms in total. The molecule has 114 valence electrons. The highest BCUT2D eigenvalue weighted by Crippen LogP contribution is 2.19. The molecule has 0 atom stereocenters. The molecule has 0 N–H and O–H groups in total. The predicted molar refractivity (Wildman–Crippen MR) is 77.9 cm³/mol. The SMILES string of the molecule is Cn1cnc(S(=O)(=O)N2CCN(CC(C)(C)C)CC2)c1. The lowest BCUT2D eigenvalue weighted by atomic mass is 9.96. The first-order valence-electron chi connectivity index (χ1n) is 6.89. The summed E-state index contributed by atoms with van der Waals surface area (Å²) >= 11 is 0. The van der Waals surface area contributed by atoms with Crippen molar-refractivity contribution in [3.05, 3.63) is 12.5 Å². The Morgan fingerprint density at radius 2 is 1.80 bits per heavy atom. The molecule has 1 aliphatic heterocycles. The van der Waals surface area contributed by atoms with Gasteiger partial charge >= 0.3 is 0 Å². The van der Waals surface area contributed by atoms with Crippen LogP contribution < -0.4 is 0 Å². The van der Waals surface area contributed by atoms with Gasteiger partial charge in [0.1, 0.15) is 0 Å². The van der Waals surface area contributed by atoms with E-state index in [-0.39, 0.29) is 10.4 Å². The maximum Gasteiger partial charge on any atom is 0.262 e. The zero-order valence-corrected chi connectivity index (χ0v) is 13.5. The molecule has 1 aliphatic rings. The Morgan fingerprint density at radius 1 is 1.20 bits per heavy atom. The van der Waals surface area contributed by atoms with Crippen molar-refractivity contribution < 1.29 is 8.42 Å². The zero-order valence-electron chi connectivity index (χ0n) is 12.7. The fraction of sp³-hybridized carbons (Fsp3) is 0.769. The molecule has 2 heterocycles. The fourth-order valence-electron chi connectivity index (χ4n) is 2.45. The molecule has 1 aromatic rings. The standard InChI is InChI=1S/C13H24N4O2S/c1-13(2,3)10-16-5-7-17(8-6-16)20(18,19)12-9-15(4)11-14-12/h9,11H,5-8,10H2,1-4H3. The molecule has 0 aliphatic carbocycles. The van der Waals surface area contributed by atoms with Crippen LogP contribution in [0.3, 0.4) is 0 Å². The average molecular weight is 300 g/mol. The van der Waals surface area contributed by atoms with Crippen LogP contribution >= 0.6 is 0 Å². The van der Waals surface area contributed by atoms with Crippen molar-refractivity contribution in [2.24, 2.45) is 12.5 Å². The normalized spacial score (nSPS) is 19.4. The molecule has 0 unspecified atom stereocenters. The van der Waals surface area contributed by atoms with Crippen LogP contribution in [0.25, 0.3) is 0 Å². The smallest absolute Gasteiger partial charge is 0.262 e. The lowest BCUT2D eigenvalue weighted by Crippen LogP contribution is -2.50. The van der Waals surface area contributed by atoms with Gasteiger partial charge in [-0.1, -0.05) is 20.8 Å². The summed E-state index contributed by atoms with van der Waals surface area (Å²) in [6.45, 7) is 10.2. The third-order valence-corrected chi connectivity index (χ3v) is 5.10. The van der Waals surface area contributed by atoms with E-state index in [1.165, 1.54) is 10.6 Å². The molecular weight excluding hydrogens is 276 g/mol. The van der Waals surface area contributed by atoms with E-state index in [2.05, 4.69) is 30.7 Å². The third kappa shape index (κ3) is 3.59. The molecule has 0 aromatic carbocycles. The van der Waals surface area contributed by atoms with Crippen LogP contribution in [0.4, 0.5) is 0 Å². The average Bonchev–Trinajstić information content (AvgIpc) is 2.75. The Kier molecular flexibility index (Phi) is 4.22. The van der Waals surface area contributed by atoms with Crippen molar-refractivity contribution in [3.8, 4) is 0 Å². The van der Waals surface area contributed by atoms with Gasteiger partial charge in [0.05, 0.1) is 6.33 Å². The summed E-state index contributed by atoms with van der Waals surface area (Å²) in [7, 11) is -1.66. The van der Waals surface area contributed by atoms with Crippen molar-refractivity contribution in [1.29, 1.82) is 0 Å². The van der Waals surface area contributed by atoms with E-state index in [4.69, 9.17) is 0 Å². The largest absolute Gasteiger partial charge is 0.339 e. The fourth-order valence-corrected chi connectivity index (χ4v) is 3.84. The van der Waals surface area contributed by atoms with Gasteiger partial charge in [0.15, 0.2) is 5.03 Å². The van der Waals surface area contributed by atoms with Crippen molar-refractivity contribution in [1.82, 2.24) is 18.8 Å². The summed E-state index contributed by atoms with van der Waals surface area (Å²) in [5.41, 5.74) is 0.238. The lowest BCUT2D eigenvalue weighted by Gasteiger charge is -2.36. The highest BCUT2D eigenvalue weighted by atomic mass is 32.2. The molecule has 1 aromatic heterocycles. The second-order valence-electron chi connectivity index (χ2n) is 6.62. The minimum Gasteiger partial charge on any atom is -0.339 e. The number of imidazole rings is 1. The van der Waals surface area contributed by atoms with Crippen molar-refractivity contribution >= 4 is 10.0 Å². The van der Waals surface area contributed by atoms with Gasteiger partial charge in [-0.3, -0.25) is 0 Å². The van der Waals surface area contributed by atoms with Gasteiger partial charge in [-0.2, -0.15) is 4.31 Å². The monoisotopic (exact) mass is 300 g/mol. The Balaban J connectivity index is 2.00. The number of piperazine rings is 1. The summed E-state index contributed by atoms with van der Waals surface area (Å²) in [5, 5.41) is 0.143. The second kappa shape index (κ2) is 5.46. The van der Waals surface area contributed by atoms with Gasteiger partial charge in [0.2, 0.25) is 0 Å². The third-order valence-electron chi connectivity index (χ3n) is 3.31. The van der Waals surface area contributed by atoms with Gasteiger partial charge in [-0.25, -0.2) is 13.4 Å². The first kappa shape index (κ1) is 15.5. The van der Waals surface area contributed by atoms with E-state index in [1.54, 1.807) is 17.8 Å². The van der Waals surface area contributed by atoms with Crippen molar-refractivity contribution in [2.45, 2.75) is 25.8 Å². The molecule has 7 heteroatoms. The number of aryl methyl sites for hydroxylation is 1. The van der Waals surface area contributed by atoms with E-state index >= 15 is 0 Å². The first-order valence-corrected chi connectivity index (χ1v) is 8.33. The number of aromatic nitrogens is 2. The van der Waals surface area contributed by atoms with E-state index in [9.17, 15) is 8.42 Å². The zero-order chi connectivity index (χ0) is 15.0. The maximum absolute atomic E-state index is 12.4. The van der Waals surface area contributed by atoms with E-state index in [0.717, 1.165) is 19.6 Å². The van der Waals surface area contributed by atoms with Crippen LogP contribution in [0.2, 0.25) is 0 Å². The molecule has 20 heavy (non-hydrogen) atoms. The number of rotatable bonds is 3. The molecular formula is C13H24N4O2S. The summed E-state index contributed by atoms with van der Waals surface area (Å²) in [6.07, 6.45) is 3.07. The van der Waals surface area contributed by atoms with Crippen LogP contribution in [0.5, 0.6) is 0 Å². The Bertz CT molecular complexity index is 551. The van der Waals surface area contributed by atoms with Crippen LogP contribution in [-0.2, 0) is 17.1 Å². The molecule has 0 radical (unpaired) electrons. The van der Waals surface area contributed by atoms with Crippen LogP contribution in [-0.4, -0.2) is 59.9 Å². The van der Waals surface area contributed by atoms with Crippen molar-refractivity contribution in [2.75, 3.05) is 32.7 Å². The molecule has 1 fully saturated rings. The van der Waals surface area contributed by atoms with E-state index in [1.807, 2.05) is 0 Å². The number of nitrogens with zero attached hydrogens (tertiary/aromatic N) is 4. The molecule has 0 saturated carbocycles. The Morgan fingerprint density at radius 3 is 2.25 bits per heavy atom. The molecule has 0 amide bonds. The van der Waals surface area contributed by atoms with Crippen LogP contribution in [0, 0.1) is 5.41 Å². The van der Waals surface area contributed by atoms with Crippen LogP contribution in [0.15, 0.2) is 17.6 Å². The minimum absolute atomic E-state index is 0.143. The number of sulfonamides is 1. The van der Waals surface area contributed by atoms with Crippen LogP contribution in [0.1, 0.15) is 20.8 Å². The molecule has 0 spiro atoms. The van der Waals surface area contributed by atoms with Gasteiger partial charge in [0, 0.05) is 46.0 Å². The highest BCUT2D eigenvalue weighted by molar-refractivity contribution is 7.89. The minimum atomic E-state index is -3.43. The maximum atomic E-state index is 12.4. The molecule has 1 saturated heterocycles. The van der Waals surface area contributed by atoms with Gasteiger partial charge in [-0.05, 0) is 5.41 Å². The Labute approximate surface area is 121 Å². The predicted octanol–water partition coefficient (Wildman–Crippen LogP) is 0.772. The van der Waals surface area contributed by atoms with Gasteiger partial charge in [0.25, 0.3) is 10.0 Å². The lowest BCUT2D eigenvalue weighted by molar-refractivity contribution is 0.141. The summed E-state index contributed by atoms with van der Waals surface area (Å²) in [5.74, 6) is 0. The van der Waals surface area contributed by atoms with Gasteiger partial charge in [-0.15, -0.1) is 0 Å². The van der Waals surface area contributed by atoms with E-state index in [0.29, 0.717) is 13.1 Å². The van der Waals surface area contributed by atoms with Gasteiger partial charge < -0.3 is 9.47 Å².